The van der Waals surface area contributed by atoms with E-state index in [1.807, 2.05) is 23.1 Å². The summed E-state index contributed by atoms with van der Waals surface area (Å²) in [5, 5.41) is 4.91. The molecule has 3 aromatic rings. The van der Waals surface area contributed by atoms with Crippen molar-refractivity contribution in [3.63, 3.8) is 0 Å². The fraction of sp³-hybridized carbons (Fsp3) is 0.333. The van der Waals surface area contributed by atoms with E-state index in [2.05, 4.69) is 15.1 Å². The van der Waals surface area contributed by atoms with Gasteiger partial charge in [0.2, 0.25) is 0 Å². The Morgan fingerprint density at radius 3 is 2.84 bits per heavy atom. The monoisotopic (exact) mass is 337 g/mol. The molecule has 25 heavy (non-hydrogen) atoms. The molecule has 0 radical (unpaired) electrons. The highest BCUT2D eigenvalue weighted by molar-refractivity contribution is 5.93. The molecule has 128 valence electrons. The molecule has 1 fully saturated rings. The molecule has 3 aromatic heterocycles. The van der Waals surface area contributed by atoms with Gasteiger partial charge in [0, 0.05) is 49.5 Å². The van der Waals surface area contributed by atoms with Gasteiger partial charge in [-0.25, -0.2) is 0 Å². The first-order valence-electron chi connectivity index (χ1n) is 8.37. The number of aromatic amines is 1. The van der Waals surface area contributed by atoms with Crippen molar-refractivity contribution < 1.29 is 4.79 Å². The molecule has 1 N–H and O–H groups in total. The molecule has 7 heteroatoms. The maximum Gasteiger partial charge on any atom is 0.274 e. The molecular weight excluding hydrogens is 318 g/mol. The predicted molar refractivity (Wildman–Crippen MR) is 93.5 cm³/mol. The molecule has 4 heterocycles. The van der Waals surface area contributed by atoms with E-state index < -0.39 is 0 Å². The SMILES string of the molecule is Cn1cc(C(=O)N2CCC(c3cc4cccnc4c(=O)[nH]3)CC2)cn1. The number of nitrogens with one attached hydrogen (secondary N) is 1. The second kappa shape index (κ2) is 6.16. The summed E-state index contributed by atoms with van der Waals surface area (Å²) in [6.45, 7) is 1.34. The summed E-state index contributed by atoms with van der Waals surface area (Å²) in [4.78, 5) is 33.7. The van der Waals surface area contributed by atoms with E-state index in [1.54, 1.807) is 30.3 Å². The highest BCUT2D eigenvalue weighted by atomic mass is 16.2. The van der Waals surface area contributed by atoms with Gasteiger partial charge in [-0.3, -0.25) is 19.3 Å². The molecule has 0 saturated carbocycles. The molecule has 0 aliphatic carbocycles. The van der Waals surface area contributed by atoms with Crippen LogP contribution in [0, 0.1) is 0 Å². The van der Waals surface area contributed by atoms with E-state index in [9.17, 15) is 9.59 Å². The zero-order valence-electron chi connectivity index (χ0n) is 14.0. The van der Waals surface area contributed by atoms with Gasteiger partial charge >= 0.3 is 0 Å². The van der Waals surface area contributed by atoms with Crippen molar-refractivity contribution in [3.05, 3.63) is 58.4 Å². The molecule has 1 aliphatic rings. The van der Waals surface area contributed by atoms with Crippen LogP contribution >= 0.6 is 0 Å². The Balaban J connectivity index is 1.50. The Morgan fingerprint density at radius 2 is 2.12 bits per heavy atom. The number of carbonyl (C=O) groups excluding carboxylic acids is 1. The number of carbonyl (C=O) groups is 1. The highest BCUT2D eigenvalue weighted by Gasteiger charge is 2.26. The van der Waals surface area contributed by atoms with Crippen LogP contribution in [-0.2, 0) is 7.05 Å². The Kier molecular flexibility index (Phi) is 3.83. The first-order chi connectivity index (χ1) is 12.1. The lowest BCUT2D eigenvalue weighted by molar-refractivity contribution is 0.0712. The number of aromatic nitrogens is 4. The average Bonchev–Trinajstić information content (AvgIpc) is 3.07. The fourth-order valence-electron chi connectivity index (χ4n) is 3.45. The Labute approximate surface area is 144 Å². The van der Waals surface area contributed by atoms with Gasteiger partial charge in [-0.1, -0.05) is 6.07 Å². The highest BCUT2D eigenvalue weighted by Crippen LogP contribution is 2.28. The van der Waals surface area contributed by atoms with Gasteiger partial charge in [-0.05, 0) is 25.0 Å². The van der Waals surface area contributed by atoms with Gasteiger partial charge in [0.25, 0.3) is 11.5 Å². The van der Waals surface area contributed by atoms with Gasteiger partial charge in [-0.15, -0.1) is 0 Å². The van der Waals surface area contributed by atoms with Gasteiger partial charge in [0.05, 0.1) is 11.8 Å². The lowest BCUT2D eigenvalue weighted by Crippen LogP contribution is -2.38. The molecule has 0 atom stereocenters. The van der Waals surface area contributed by atoms with E-state index >= 15 is 0 Å². The van der Waals surface area contributed by atoms with E-state index in [4.69, 9.17) is 0 Å². The lowest BCUT2D eigenvalue weighted by atomic mass is 9.92. The number of likely N-dealkylation sites (tertiary alicyclic amines) is 1. The van der Waals surface area contributed by atoms with Crippen LogP contribution in [-0.4, -0.2) is 43.6 Å². The Bertz CT molecular complexity index is 982. The summed E-state index contributed by atoms with van der Waals surface area (Å²) in [5.41, 5.74) is 1.86. The van der Waals surface area contributed by atoms with Crippen LogP contribution in [0.5, 0.6) is 0 Å². The maximum atomic E-state index is 12.5. The van der Waals surface area contributed by atoms with Crippen LogP contribution in [0.1, 0.15) is 34.8 Å². The van der Waals surface area contributed by atoms with Crippen molar-refractivity contribution in [2.24, 2.45) is 7.05 Å². The molecule has 0 aromatic carbocycles. The van der Waals surface area contributed by atoms with Crippen LogP contribution < -0.4 is 5.56 Å². The number of pyridine rings is 2. The number of H-pyrrole nitrogens is 1. The zero-order valence-corrected chi connectivity index (χ0v) is 14.0. The van der Waals surface area contributed by atoms with Crippen molar-refractivity contribution in [1.82, 2.24) is 24.6 Å². The summed E-state index contributed by atoms with van der Waals surface area (Å²) in [6.07, 6.45) is 6.62. The quantitative estimate of drug-likeness (QED) is 0.771. The Hall–Kier alpha value is -2.96. The number of rotatable bonds is 2. The number of aryl methyl sites for hydroxylation is 1. The van der Waals surface area contributed by atoms with Crippen molar-refractivity contribution >= 4 is 16.8 Å². The smallest absolute Gasteiger partial charge is 0.274 e. The van der Waals surface area contributed by atoms with Crippen LogP contribution in [0.3, 0.4) is 0 Å². The topological polar surface area (TPSA) is 83.9 Å². The molecule has 1 aliphatic heterocycles. The van der Waals surface area contributed by atoms with Gasteiger partial charge in [-0.2, -0.15) is 5.10 Å². The molecule has 0 unspecified atom stereocenters. The van der Waals surface area contributed by atoms with Crippen molar-refractivity contribution in [2.75, 3.05) is 13.1 Å². The molecule has 0 bridgehead atoms. The van der Waals surface area contributed by atoms with Crippen molar-refractivity contribution in [2.45, 2.75) is 18.8 Å². The number of piperidine rings is 1. The third-order valence-electron chi connectivity index (χ3n) is 4.80. The second-order valence-corrected chi connectivity index (χ2v) is 6.46. The number of hydrogen-bond acceptors (Lipinski definition) is 4. The molecular formula is C18H19N5O2. The second-order valence-electron chi connectivity index (χ2n) is 6.46. The third kappa shape index (κ3) is 2.93. The van der Waals surface area contributed by atoms with E-state index in [0.717, 1.165) is 23.9 Å². The van der Waals surface area contributed by atoms with E-state index in [-0.39, 0.29) is 17.4 Å². The maximum absolute atomic E-state index is 12.5. The van der Waals surface area contributed by atoms with Crippen molar-refractivity contribution in [3.8, 4) is 0 Å². The summed E-state index contributed by atoms with van der Waals surface area (Å²) in [7, 11) is 1.80. The lowest BCUT2D eigenvalue weighted by Gasteiger charge is -2.31. The number of nitrogens with zero attached hydrogens (tertiary/aromatic N) is 4. The van der Waals surface area contributed by atoms with E-state index in [0.29, 0.717) is 24.2 Å². The van der Waals surface area contributed by atoms with Gasteiger partial charge in [0.15, 0.2) is 0 Å². The summed E-state index contributed by atoms with van der Waals surface area (Å²) in [6, 6.07) is 5.75. The average molecular weight is 337 g/mol. The molecule has 1 saturated heterocycles. The number of amides is 1. The van der Waals surface area contributed by atoms with E-state index in [1.165, 1.54) is 0 Å². The zero-order chi connectivity index (χ0) is 17.4. The summed E-state index contributed by atoms with van der Waals surface area (Å²) < 4.78 is 1.63. The predicted octanol–water partition coefficient (Wildman–Crippen LogP) is 1.68. The summed E-state index contributed by atoms with van der Waals surface area (Å²) in [5.74, 6) is 0.262. The summed E-state index contributed by atoms with van der Waals surface area (Å²) >= 11 is 0. The first-order valence-corrected chi connectivity index (χ1v) is 8.37. The minimum atomic E-state index is -0.151. The number of hydrogen-bond donors (Lipinski definition) is 1. The third-order valence-corrected chi connectivity index (χ3v) is 4.80. The van der Waals surface area contributed by atoms with Crippen LogP contribution in [0.25, 0.3) is 10.9 Å². The molecule has 4 rings (SSSR count). The molecule has 1 amide bonds. The van der Waals surface area contributed by atoms with Gasteiger partial charge in [0.1, 0.15) is 5.52 Å². The normalized spacial score (nSPS) is 15.6. The molecule has 7 nitrogen and oxygen atoms in total. The van der Waals surface area contributed by atoms with Gasteiger partial charge < -0.3 is 9.88 Å². The van der Waals surface area contributed by atoms with Crippen LogP contribution in [0.2, 0.25) is 0 Å². The first kappa shape index (κ1) is 15.6. The largest absolute Gasteiger partial charge is 0.339 e. The standard InChI is InChI=1S/C18H19N5O2/c1-22-11-14(10-20-22)18(25)23-7-4-12(5-8-23)15-9-13-3-2-6-19-16(13)17(24)21-15/h2-3,6,9-12H,4-5,7-8H2,1H3,(H,21,24). The molecule has 0 spiro atoms. The van der Waals surface area contributed by atoms with Crippen molar-refractivity contribution in [1.29, 1.82) is 0 Å². The number of fused-ring (bicyclic) bond motifs is 1. The fourth-order valence-corrected chi connectivity index (χ4v) is 3.45. The van der Waals surface area contributed by atoms with Crippen LogP contribution in [0.4, 0.5) is 0 Å². The van der Waals surface area contributed by atoms with Crippen LogP contribution in [0.15, 0.2) is 41.6 Å². The Morgan fingerprint density at radius 1 is 1.32 bits per heavy atom. The minimum absolute atomic E-state index is 0.0164. The minimum Gasteiger partial charge on any atom is -0.339 e.